The van der Waals surface area contributed by atoms with Crippen LogP contribution in [-0.4, -0.2) is 23.5 Å². The van der Waals surface area contributed by atoms with Gasteiger partial charge in [0.2, 0.25) is 5.91 Å². The van der Waals surface area contributed by atoms with Gasteiger partial charge in [0, 0.05) is 11.6 Å². The summed E-state index contributed by atoms with van der Waals surface area (Å²) in [4.78, 5) is 23.8. The van der Waals surface area contributed by atoms with Gasteiger partial charge in [-0.3, -0.25) is 9.59 Å². The number of halogens is 1. The van der Waals surface area contributed by atoms with Crippen LogP contribution >= 0.6 is 11.6 Å². The zero-order chi connectivity index (χ0) is 16.3. The summed E-state index contributed by atoms with van der Waals surface area (Å²) < 4.78 is 0. The van der Waals surface area contributed by atoms with Crippen LogP contribution in [0.1, 0.15) is 38.7 Å². The molecule has 5 heteroatoms. The molecule has 1 atom stereocenters. The zero-order valence-corrected chi connectivity index (χ0v) is 13.7. The molecule has 0 bridgehead atoms. The summed E-state index contributed by atoms with van der Waals surface area (Å²) in [5.74, 6) is -1.22. The first-order valence-electron chi connectivity index (χ1n) is 7.62. The van der Waals surface area contributed by atoms with Crippen molar-refractivity contribution in [1.82, 2.24) is 5.32 Å². The van der Waals surface area contributed by atoms with E-state index in [0.717, 1.165) is 18.4 Å². The van der Waals surface area contributed by atoms with Crippen molar-refractivity contribution in [3.63, 3.8) is 0 Å². The van der Waals surface area contributed by atoms with E-state index in [9.17, 15) is 14.7 Å². The number of carboxylic acids is 1. The largest absolute Gasteiger partial charge is 0.481 e. The second-order valence-corrected chi connectivity index (χ2v) is 6.90. The van der Waals surface area contributed by atoms with Crippen molar-refractivity contribution in [2.24, 2.45) is 11.8 Å². The van der Waals surface area contributed by atoms with E-state index in [2.05, 4.69) is 5.32 Å². The van der Waals surface area contributed by atoms with Gasteiger partial charge in [-0.05, 0) is 42.9 Å². The maximum Gasteiger partial charge on any atom is 0.308 e. The summed E-state index contributed by atoms with van der Waals surface area (Å²) in [5.41, 5.74) is 0.388. The van der Waals surface area contributed by atoms with Gasteiger partial charge in [0.25, 0.3) is 0 Å². The van der Waals surface area contributed by atoms with E-state index in [0.29, 0.717) is 11.4 Å². The SMILES string of the molecule is CC(C)CC(CNC(=O)C1(c2cccc(Cl)c2)CC1)C(=O)O. The second-order valence-electron chi connectivity index (χ2n) is 6.47. The minimum Gasteiger partial charge on any atom is -0.481 e. The molecule has 2 N–H and O–H groups in total. The molecule has 1 amide bonds. The van der Waals surface area contributed by atoms with Gasteiger partial charge in [-0.2, -0.15) is 0 Å². The van der Waals surface area contributed by atoms with E-state index < -0.39 is 17.3 Å². The smallest absolute Gasteiger partial charge is 0.308 e. The molecular formula is C17H22ClNO3. The van der Waals surface area contributed by atoms with E-state index >= 15 is 0 Å². The molecule has 0 saturated heterocycles. The molecule has 1 saturated carbocycles. The maximum atomic E-state index is 12.5. The number of nitrogens with one attached hydrogen (secondary N) is 1. The van der Waals surface area contributed by atoms with Crippen molar-refractivity contribution in [3.8, 4) is 0 Å². The van der Waals surface area contributed by atoms with Crippen LogP contribution in [0.15, 0.2) is 24.3 Å². The third-order valence-corrected chi connectivity index (χ3v) is 4.41. The minimum atomic E-state index is -0.860. The fourth-order valence-corrected chi connectivity index (χ4v) is 2.97. The predicted octanol–water partition coefficient (Wildman–Crippen LogP) is 3.23. The molecule has 0 radical (unpaired) electrons. The van der Waals surface area contributed by atoms with Crippen LogP contribution in [0.5, 0.6) is 0 Å². The van der Waals surface area contributed by atoms with Gasteiger partial charge in [0.15, 0.2) is 0 Å². The zero-order valence-electron chi connectivity index (χ0n) is 12.9. The lowest BCUT2D eigenvalue weighted by atomic mass is 9.93. The number of hydrogen-bond donors (Lipinski definition) is 2. The number of rotatable bonds is 7. The molecule has 1 aliphatic rings. The molecule has 1 aromatic carbocycles. The first kappa shape index (κ1) is 16.8. The number of hydrogen-bond acceptors (Lipinski definition) is 2. The number of carboxylic acid groups (broad SMARTS) is 1. The molecule has 2 rings (SSSR count). The third kappa shape index (κ3) is 3.80. The molecule has 4 nitrogen and oxygen atoms in total. The summed E-state index contributed by atoms with van der Waals surface area (Å²) in [6.07, 6.45) is 2.11. The third-order valence-electron chi connectivity index (χ3n) is 4.18. The van der Waals surface area contributed by atoms with Crippen LogP contribution in [0.3, 0.4) is 0 Å². The molecule has 0 spiro atoms. The molecule has 1 fully saturated rings. The number of aliphatic carboxylic acids is 1. The lowest BCUT2D eigenvalue weighted by Gasteiger charge is -2.19. The molecule has 0 heterocycles. The van der Waals surface area contributed by atoms with E-state index in [-0.39, 0.29) is 18.4 Å². The van der Waals surface area contributed by atoms with Gasteiger partial charge < -0.3 is 10.4 Å². The highest BCUT2D eigenvalue weighted by molar-refractivity contribution is 6.30. The Labute approximate surface area is 135 Å². The fraction of sp³-hybridized carbons (Fsp3) is 0.529. The molecule has 22 heavy (non-hydrogen) atoms. The Balaban J connectivity index is 2.01. The Morgan fingerprint density at radius 1 is 1.36 bits per heavy atom. The summed E-state index contributed by atoms with van der Waals surface area (Å²) in [6, 6.07) is 7.34. The summed E-state index contributed by atoms with van der Waals surface area (Å²) in [6.45, 7) is 4.13. The Morgan fingerprint density at radius 2 is 2.05 bits per heavy atom. The van der Waals surface area contributed by atoms with E-state index in [1.165, 1.54) is 0 Å². The standard InChI is InChI=1S/C17H22ClNO3/c1-11(2)8-12(15(20)21)10-19-16(22)17(6-7-17)13-4-3-5-14(18)9-13/h3-5,9,11-12H,6-8,10H2,1-2H3,(H,19,22)(H,20,21). The molecule has 1 aromatic rings. The van der Waals surface area contributed by atoms with Crippen LogP contribution in [-0.2, 0) is 15.0 Å². The number of carbonyl (C=O) groups is 2. The van der Waals surface area contributed by atoms with Crippen molar-refractivity contribution < 1.29 is 14.7 Å². The molecular weight excluding hydrogens is 302 g/mol. The first-order valence-corrected chi connectivity index (χ1v) is 8.00. The summed E-state index contributed by atoms with van der Waals surface area (Å²) in [5, 5.41) is 12.7. The van der Waals surface area contributed by atoms with Crippen molar-refractivity contribution in [2.45, 2.75) is 38.5 Å². The quantitative estimate of drug-likeness (QED) is 0.809. The van der Waals surface area contributed by atoms with Gasteiger partial charge in [-0.15, -0.1) is 0 Å². The first-order chi connectivity index (χ1) is 10.3. The van der Waals surface area contributed by atoms with E-state index in [1.807, 2.05) is 32.0 Å². The van der Waals surface area contributed by atoms with E-state index in [1.54, 1.807) is 6.07 Å². The van der Waals surface area contributed by atoms with Gasteiger partial charge in [0.1, 0.15) is 0 Å². The van der Waals surface area contributed by atoms with Gasteiger partial charge in [-0.1, -0.05) is 37.6 Å². The predicted molar refractivity (Wildman–Crippen MR) is 86.0 cm³/mol. The Bertz CT molecular complexity index is 567. The number of carbonyl (C=O) groups excluding carboxylic acids is 1. The Morgan fingerprint density at radius 3 is 2.55 bits per heavy atom. The van der Waals surface area contributed by atoms with Crippen LogP contribution in [0.2, 0.25) is 5.02 Å². The Kier molecular flexibility index (Phi) is 5.12. The van der Waals surface area contributed by atoms with Crippen molar-refractivity contribution in [1.29, 1.82) is 0 Å². The van der Waals surface area contributed by atoms with Crippen molar-refractivity contribution in [2.75, 3.05) is 6.54 Å². The molecule has 1 unspecified atom stereocenters. The lowest BCUT2D eigenvalue weighted by Crippen LogP contribution is -2.39. The van der Waals surface area contributed by atoms with Gasteiger partial charge in [0.05, 0.1) is 11.3 Å². The minimum absolute atomic E-state index is 0.0928. The van der Waals surface area contributed by atoms with Crippen LogP contribution in [0, 0.1) is 11.8 Å². The normalized spacial score (nSPS) is 17.1. The van der Waals surface area contributed by atoms with Crippen LogP contribution < -0.4 is 5.32 Å². The average molecular weight is 324 g/mol. The number of amides is 1. The number of benzene rings is 1. The average Bonchev–Trinajstić information content (AvgIpc) is 3.24. The van der Waals surface area contributed by atoms with Crippen LogP contribution in [0.4, 0.5) is 0 Å². The second kappa shape index (κ2) is 6.69. The molecule has 0 aliphatic heterocycles. The highest BCUT2D eigenvalue weighted by atomic mass is 35.5. The molecule has 1 aliphatic carbocycles. The van der Waals surface area contributed by atoms with E-state index in [4.69, 9.17) is 11.6 Å². The van der Waals surface area contributed by atoms with Crippen molar-refractivity contribution in [3.05, 3.63) is 34.9 Å². The van der Waals surface area contributed by atoms with Gasteiger partial charge in [-0.25, -0.2) is 0 Å². The molecule has 120 valence electrons. The topological polar surface area (TPSA) is 66.4 Å². The lowest BCUT2D eigenvalue weighted by molar-refractivity contribution is -0.142. The fourth-order valence-electron chi connectivity index (χ4n) is 2.78. The highest BCUT2D eigenvalue weighted by Gasteiger charge is 2.51. The van der Waals surface area contributed by atoms with Crippen LogP contribution in [0.25, 0.3) is 0 Å². The monoisotopic (exact) mass is 323 g/mol. The van der Waals surface area contributed by atoms with Gasteiger partial charge >= 0.3 is 5.97 Å². The summed E-state index contributed by atoms with van der Waals surface area (Å²) >= 11 is 6.00. The molecule has 0 aromatic heterocycles. The maximum absolute atomic E-state index is 12.5. The van der Waals surface area contributed by atoms with Crippen molar-refractivity contribution >= 4 is 23.5 Å². The summed E-state index contributed by atoms with van der Waals surface area (Å²) in [7, 11) is 0. The Hall–Kier alpha value is -1.55. The highest BCUT2D eigenvalue weighted by Crippen LogP contribution is 2.48.